The van der Waals surface area contributed by atoms with Gasteiger partial charge in [0.15, 0.2) is 0 Å². The van der Waals surface area contributed by atoms with Crippen LogP contribution in [0.1, 0.15) is 40.5 Å². The first-order valence-electron chi connectivity index (χ1n) is 9.41. The van der Waals surface area contributed by atoms with Gasteiger partial charge in [0.2, 0.25) is 0 Å². The molecule has 0 amide bonds. The lowest BCUT2D eigenvalue weighted by atomic mass is 9.94. The summed E-state index contributed by atoms with van der Waals surface area (Å²) in [5.41, 5.74) is 0. The van der Waals surface area contributed by atoms with Crippen molar-refractivity contribution >= 4 is 18.7 Å². The van der Waals surface area contributed by atoms with Gasteiger partial charge >= 0.3 is 0 Å². The van der Waals surface area contributed by atoms with Gasteiger partial charge in [0.25, 0.3) is 8.32 Å². The van der Waals surface area contributed by atoms with E-state index >= 15 is 0 Å². The highest BCUT2D eigenvalue weighted by Gasteiger charge is 2.51. The predicted octanol–water partition coefficient (Wildman–Crippen LogP) is 4.92. The van der Waals surface area contributed by atoms with Gasteiger partial charge in [-0.2, -0.15) is 0 Å². The van der Waals surface area contributed by atoms with E-state index in [9.17, 15) is 0 Å². The van der Waals surface area contributed by atoms with E-state index < -0.39 is 8.32 Å². The highest BCUT2D eigenvalue weighted by atomic mass is 28.4. The van der Waals surface area contributed by atoms with Crippen molar-refractivity contribution in [2.24, 2.45) is 5.92 Å². The third-order valence-corrected chi connectivity index (χ3v) is 10.4. The fourth-order valence-electron chi connectivity index (χ4n) is 3.99. The molecule has 132 valence electrons. The molecule has 0 aromatic heterocycles. The molecule has 1 aliphatic carbocycles. The monoisotopic (exact) mass is 350 g/mol. The van der Waals surface area contributed by atoms with Crippen LogP contribution in [-0.2, 0) is 4.43 Å². The Kier molecular flexibility index (Phi) is 5.31. The number of rotatable bonds is 4. The number of hydrogen-bond donors (Lipinski definition) is 0. The summed E-state index contributed by atoms with van der Waals surface area (Å²) in [6.45, 7) is 9.36. The van der Waals surface area contributed by atoms with E-state index in [2.05, 4.69) is 101 Å². The molecule has 2 heteroatoms. The molecule has 0 radical (unpaired) electrons. The molecular weight excluding hydrogens is 320 g/mol. The zero-order chi connectivity index (χ0) is 17.9. The Labute approximate surface area is 153 Å². The van der Waals surface area contributed by atoms with Crippen LogP contribution in [0.4, 0.5) is 0 Å². The second-order valence-corrected chi connectivity index (χ2v) is 12.5. The molecule has 0 heterocycles. The molecule has 1 nitrogen and oxygen atoms in total. The summed E-state index contributed by atoms with van der Waals surface area (Å²) in [5, 5.41) is 2.76. The van der Waals surface area contributed by atoms with Gasteiger partial charge in [0, 0.05) is 0 Å². The maximum absolute atomic E-state index is 7.18. The summed E-state index contributed by atoms with van der Waals surface area (Å²) in [6, 6.07) is 21.8. The van der Waals surface area contributed by atoms with Gasteiger partial charge in [-0.3, -0.25) is 0 Å². The highest BCUT2D eigenvalue weighted by molar-refractivity contribution is 6.99. The van der Waals surface area contributed by atoms with E-state index in [4.69, 9.17) is 4.43 Å². The maximum atomic E-state index is 7.18. The van der Waals surface area contributed by atoms with Gasteiger partial charge in [0.05, 0.1) is 6.10 Å². The molecule has 0 aliphatic heterocycles. The lowest BCUT2D eigenvalue weighted by Gasteiger charge is -2.46. The Hall–Kier alpha value is -1.64. The van der Waals surface area contributed by atoms with Crippen molar-refractivity contribution in [1.82, 2.24) is 0 Å². The Morgan fingerprint density at radius 1 is 0.880 bits per heavy atom. The van der Waals surface area contributed by atoms with Crippen molar-refractivity contribution in [2.75, 3.05) is 0 Å². The van der Waals surface area contributed by atoms with Crippen LogP contribution in [0.25, 0.3) is 0 Å². The number of benzene rings is 2. The zero-order valence-electron chi connectivity index (χ0n) is 15.9. The minimum Gasteiger partial charge on any atom is -0.401 e. The van der Waals surface area contributed by atoms with Crippen LogP contribution in [0.15, 0.2) is 72.8 Å². The summed E-state index contributed by atoms with van der Waals surface area (Å²) < 4.78 is 7.18. The van der Waals surface area contributed by atoms with Crippen LogP contribution >= 0.6 is 0 Å². The van der Waals surface area contributed by atoms with E-state index in [1.165, 1.54) is 23.2 Å². The Morgan fingerprint density at radius 2 is 1.40 bits per heavy atom. The SMILES string of the molecule is C[C@H]1CCC=C[C@H]1O[Si](c1ccccc1)(c1ccccc1)C(C)(C)C. The molecule has 0 saturated carbocycles. The standard InChI is InChI=1S/C23H30OSi/c1-19-13-11-12-18-22(19)24-25(23(2,3)4,20-14-7-5-8-15-20)21-16-9-6-10-17-21/h5-10,12,14-19,22H,11,13H2,1-4H3/t19-,22+/m0/s1. The van der Waals surface area contributed by atoms with Crippen LogP contribution in [0.5, 0.6) is 0 Å². The van der Waals surface area contributed by atoms with E-state index in [1.807, 2.05) is 0 Å². The average molecular weight is 351 g/mol. The fraction of sp³-hybridized carbons (Fsp3) is 0.391. The Bertz CT molecular complexity index is 660. The number of allylic oxidation sites excluding steroid dienone is 1. The molecule has 3 rings (SSSR count). The van der Waals surface area contributed by atoms with E-state index in [1.54, 1.807) is 0 Å². The van der Waals surface area contributed by atoms with Crippen LogP contribution in [-0.4, -0.2) is 14.4 Å². The lowest BCUT2D eigenvalue weighted by molar-refractivity contribution is 0.163. The first-order valence-corrected chi connectivity index (χ1v) is 11.3. The summed E-state index contributed by atoms with van der Waals surface area (Å²) in [7, 11) is -2.43. The van der Waals surface area contributed by atoms with E-state index in [0.717, 1.165) is 0 Å². The summed E-state index contributed by atoms with van der Waals surface area (Å²) in [5.74, 6) is 0.562. The third-order valence-electron chi connectivity index (χ3n) is 5.40. The normalized spacial score (nSPS) is 21.3. The average Bonchev–Trinajstić information content (AvgIpc) is 2.61. The van der Waals surface area contributed by atoms with Crippen molar-refractivity contribution in [2.45, 2.75) is 51.7 Å². The molecule has 2 aromatic rings. The summed E-state index contributed by atoms with van der Waals surface area (Å²) in [6.07, 6.45) is 7.16. The Balaban J connectivity index is 2.18. The van der Waals surface area contributed by atoms with Gasteiger partial charge in [-0.05, 0) is 34.2 Å². The molecule has 0 bridgehead atoms. The first-order chi connectivity index (χ1) is 11.9. The van der Waals surface area contributed by atoms with Crippen LogP contribution < -0.4 is 10.4 Å². The molecule has 2 aromatic carbocycles. The van der Waals surface area contributed by atoms with Crippen molar-refractivity contribution in [3.63, 3.8) is 0 Å². The van der Waals surface area contributed by atoms with Gasteiger partial charge < -0.3 is 4.43 Å². The first kappa shape index (κ1) is 18.2. The van der Waals surface area contributed by atoms with Crippen molar-refractivity contribution in [3.8, 4) is 0 Å². The van der Waals surface area contributed by atoms with Gasteiger partial charge in [-0.15, -0.1) is 0 Å². The molecule has 0 unspecified atom stereocenters. The maximum Gasteiger partial charge on any atom is 0.261 e. The van der Waals surface area contributed by atoms with Gasteiger partial charge in [0.1, 0.15) is 0 Å². The molecule has 0 N–H and O–H groups in total. The molecule has 0 saturated heterocycles. The summed E-state index contributed by atoms with van der Waals surface area (Å²) >= 11 is 0. The molecule has 0 spiro atoms. The molecule has 0 fully saturated rings. The minimum atomic E-state index is -2.43. The van der Waals surface area contributed by atoms with Crippen molar-refractivity contribution in [1.29, 1.82) is 0 Å². The van der Waals surface area contributed by atoms with Crippen molar-refractivity contribution in [3.05, 3.63) is 72.8 Å². The third kappa shape index (κ3) is 3.51. The predicted molar refractivity (Wildman–Crippen MR) is 110 cm³/mol. The smallest absolute Gasteiger partial charge is 0.261 e. The van der Waals surface area contributed by atoms with Crippen LogP contribution in [0.2, 0.25) is 5.04 Å². The quantitative estimate of drug-likeness (QED) is 0.562. The van der Waals surface area contributed by atoms with Crippen molar-refractivity contribution < 1.29 is 4.43 Å². The lowest BCUT2D eigenvalue weighted by Crippen LogP contribution is -2.68. The molecule has 25 heavy (non-hydrogen) atoms. The molecule has 1 aliphatic rings. The van der Waals surface area contributed by atoms with Crippen LogP contribution in [0, 0.1) is 5.92 Å². The highest BCUT2D eigenvalue weighted by Crippen LogP contribution is 2.39. The summed E-state index contributed by atoms with van der Waals surface area (Å²) in [4.78, 5) is 0. The van der Waals surface area contributed by atoms with Gasteiger partial charge in [-0.25, -0.2) is 0 Å². The van der Waals surface area contributed by atoms with E-state index in [0.29, 0.717) is 5.92 Å². The second-order valence-electron chi connectivity index (χ2n) is 8.23. The molecule has 2 atom stereocenters. The fourth-order valence-corrected chi connectivity index (χ4v) is 8.73. The van der Waals surface area contributed by atoms with Gasteiger partial charge in [-0.1, -0.05) is 101 Å². The van der Waals surface area contributed by atoms with Crippen LogP contribution in [0.3, 0.4) is 0 Å². The largest absolute Gasteiger partial charge is 0.401 e. The second kappa shape index (κ2) is 7.31. The Morgan fingerprint density at radius 3 is 1.84 bits per heavy atom. The molecular formula is C23H30OSi. The van der Waals surface area contributed by atoms with E-state index in [-0.39, 0.29) is 11.1 Å². The zero-order valence-corrected chi connectivity index (χ0v) is 16.9. The topological polar surface area (TPSA) is 9.23 Å². The minimum absolute atomic E-state index is 0.0424. The number of hydrogen-bond acceptors (Lipinski definition) is 1.